The molecule has 0 saturated carbocycles. The Balaban J connectivity index is 0.00000484. The summed E-state index contributed by atoms with van der Waals surface area (Å²) in [6.45, 7) is 3.99. The summed E-state index contributed by atoms with van der Waals surface area (Å²) in [7, 11) is 0. The Bertz CT molecular complexity index is 1550. The fourth-order valence-electron chi connectivity index (χ4n) is 4.19. The second kappa shape index (κ2) is 18.6. The quantitative estimate of drug-likeness (QED) is 0.151. The molecule has 0 atom stereocenters. The first-order chi connectivity index (χ1) is 19.4. The van der Waals surface area contributed by atoms with E-state index in [1.807, 2.05) is 38.1 Å². The molecule has 0 unspecified atom stereocenters. The molecule has 0 fully saturated rings. The normalized spacial score (nSPS) is 10.0. The van der Waals surface area contributed by atoms with Gasteiger partial charge in [-0.2, -0.15) is 0 Å². The van der Waals surface area contributed by atoms with Gasteiger partial charge >= 0.3 is 118 Å². The van der Waals surface area contributed by atoms with Crippen LogP contribution in [0.25, 0.3) is 0 Å². The first kappa shape index (κ1) is 43.4. The van der Waals surface area contributed by atoms with Gasteiger partial charge in [-0.25, -0.2) is 0 Å². The number of hydrogen-bond donors (Lipinski definition) is 0. The van der Waals surface area contributed by atoms with Crippen LogP contribution < -0.4 is 148 Å². The number of ether oxygens (including phenoxy) is 2. The zero-order valence-corrected chi connectivity index (χ0v) is 33.7. The Morgan fingerprint density at radius 2 is 0.711 bits per heavy atom. The number of carboxylic acid groups (broad SMARTS) is 4. The minimum absolute atomic E-state index is 0. The van der Waals surface area contributed by atoms with Gasteiger partial charge < -0.3 is 49.1 Å². The van der Waals surface area contributed by atoms with Crippen molar-refractivity contribution in [1.29, 1.82) is 0 Å². The Morgan fingerprint density at radius 3 is 0.978 bits per heavy atom. The summed E-state index contributed by atoms with van der Waals surface area (Å²) in [5.74, 6) is -5.62. The topological polar surface area (TPSA) is 179 Å². The van der Waals surface area contributed by atoms with Crippen molar-refractivity contribution in [2.75, 3.05) is 0 Å². The number of benzene rings is 4. The van der Waals surface area contributed by atoms with Gasteiger partial charge in [-0.15, -0.1) is 0 Å². The first-order valence-corrected chi connectivity index (χ1v) is 12.1. The van der Waals surface area contributed by atoms with Crippen LogP contribution in [-0.2, 0) is 5.41 Å². The summed E-state index contributed by atoms with van der Waals surface area (Å²) < 4.78 is 11.4. The minimum Gasteiger partial charge on any atom is -0.545 e. The van der Waals surface area contributed by atoms with Crippen molar-refractivity contribution in [3.63, 3.8) is 0 Å². The van der Waals surface area contributed by atoms with Crippen molar-refractivity contribution in [2.24, 2.45) is 0 Å². The van der Waals surface area contributed by atoms with E-state index >= 15 is 0 Å². The molecule has 0 aromatic heterocycles. The molecule has 0 spiro atoms. The van der Waals surface area contributed by atoms with Crippen LogP contribution in [0.4, 0.5) is 0 Å². The van der Waals surface area contributed by atoms with Gasteiger partial charge in [-0.1, -0.05) is 38.1 Å². The van der Waals surface area contributed by atoms with E-state index in [4.69, 9.17) is 9.47 Å². The van der Waals surface area contributed by atoms with E-state index in [9.17, 15) is 39.6 Å². The average molecular weight is 644 g/mol. The zero-order chi connectivity index (χ0) is 29.9. The number of carboxylic acids is 4. The first-order valence-electron chi connectivity index (χ1n) is 12.1. The Labute approximate surface area is 347 Å². The van der Waals surface area contributed by atoms with Crippen molar-refractivity contribution < 1.29 is 167 Å². The fraction of sp³-hybridized carbons (Fsp3) is 0.0968. The molecule has 0 heterocycles. The maximum absolute atomic E-state index is 11.3. The van der Waals surface area contributed by atoms with E-state index < -0.39 is 51.5 Å². The van der Waals surface area contributed by atoms with Gasteiger partial charge in [-0.05, 0) is 71.8 Å². The number of rotatable bonds is 10. The van der Waals surface area contributed by atoms with Gasteiger partial charge in [0.05, 0.1) is 23.9 Å². The molecule has 0 bridgehead atoms. The third-order valence-corrected chi connectivity index (χ3v) is 6.49. The van der Waals surface area contributed by atoms with Crippen LogP contribution in [0.3, 0.4) is 0 Å². The van der Waals surface area contributed by atoms with Gasteiger partial charge in [0.2, 0.25) is 0 Å². The van der Waals surface area contributed by atoms with Crippen molar-refractivity contribution in [3.8, 4) is 23.0 Å². The molecule has 4 aromatic carbocycles. The molecule has 45 heavy (non-hydrogen) atoms. The van der Waals surface area contributed by atoms with E-state index in [0.717, 1.165) is 35.4 Å². The van der Waals surface area contributed by atoms with Crippen LogP contribution in [0.5, 0.6) is 23.0 Å². The molecule has 0 aliphatic rings. The molecule has 0 radical (unpaired) electrons. The maximum atomic E-state index is 11.3. The summed E-state index contributed by atoms with van der Waals surface area (Å²) in [6.07, 6.45) is 0. The Hall–Kier alpha value is -1.64. The van der Waals surface area contributed by atoms with E-state index in [1.165, 1.54) is 12.1 Å². The van der Waals surface area contributed by atoms with Crippen LogP contribution in [-0.4, -0.2) is 23.9 Å². The van der Waals surface area contributed by atoms with E-state index in [2.05, 4.69) is 0 Å². The van der Waals surface area contributed by atoms with Crippen LogP contribution in [0.2, 0.25) is 0 Å². The smallest absolute Gasteiger partial charge is 0.545 e. The molecule has 0 amide bonds. The van der Waals surface area contributed by atoms with Gasteiger partial charge in [0.1, 0.15) is 23.0 Å². The predicted octanol–water partition coefficient (Wildman–Crippen LogP) is -10.9. The SMILES string of the molecule is CC(C)(c1ccc(Oc2ccc(C(=O)[O-])c(C(=O)[O-])c2)cc1)c1ccc(Oc2ccc(C(=O)[O-])c(C(=O)[O-])c2)cc1.[Na+].[Na+].[Na+].[Na+]. The van der Waals surface area contributed by atoms with Gasteiger partial charge in [-0.3, -0.25) is 0 Å². The molecular weight excluding hydrogens is 624 g/mol. The molecular formula is C31H20Na4O10. The maximum Gasteiger partial charge on any atom is 1.00 e. The van der Waals surface area contributed by atoms with Gasteiger partial charge in [0, 0.05) is 27.7 Å². The molecule has 0 N–H and O–H groups in total. The largest absolute Gasteiger partial charge is 1.00 e. The summed E-state index contributed by atoms with van der Waals surface area (Å²) in [5, 5.41) is 44.8. The Kier molecular flexibility index (Phi) is 18.0. The standard InChI is InChI=1S/C31H24O10.4Na/c1-31(2,17-3-7-19(8-4-17)40-21-11-13-23(27(32)33)25(15-21)29(36)37)18-5-9-20(10-6-18)41-22-12-14-24(28(34)35)26(16-22)30(38)39;;;;/h3-16H,1-2H3,(H,32,33)(H,34,35)(H,36,37)(H,38,39);;;;/q;4*+1/p-4. The second-order valence-electron chi connectivity index (χ2n) is 9.44. The van der Waals surface area contributed by atoms with E-state index in [-0.39, 0.29) is 130 Å². The van der Waals surface area contributed by atoms with Crippen LogP contribution in [0, 0.1) is 0 Å². The van der Waals surface area contributed by atoms with Crippen LogP contribution >= 0.6 is 0 Å². The monoisotopic (exact) mass is 644 g/mol. The van der Waals surface area contributed by atoms with Crippen LogP contribution in [0.1, 0.15) is 66.4 Å². The number of hydrogen-bond acceptors (Lipinski definition) is 10. The molecule has 0 aliphatic heterocycles. The van der Waals surface area contributed by atoms with E-state index in [1.54, 1.807) is 24.3 Å². The second-order valence-corrected chi connectivity index (χ2v) is 9.44. The summed E-state index contributed by atoms with van der Waals surface area (Å²) in [6, 6.07) is 20.9. The third-order valence-electron chi connectivity index (χ3n) is 6.49. The fourth-order valence-corrected chi connectivity index (χ4v) is 4.19. The van der Waals surface area contributed by atoms with Gasteiger partial charge in [0.15, 0.2) is 0 Å². The third kappa shape index (κ3) is 10.7. The molecule has 4 rings (SSSR count). The summed E-state index contributed by atoms with van der Waals surface area (Å²) in [4.78, 5) is 44.8. The Morgan fingerprint density at radius 1 is 0.444 bits per heavy atom. The number of aromatic carboxylic acids is 4. The number of carbonyl (C=O) groups excluding carboxylic acids is 4. The number of carbonyl (C=O) groups is 4. The predicted molar refractivity (Wildman–Crippen MR) is 135 cm³/mol. The molecule has 10 nitrogen and oxygen atoms in total. The summed E-state index contributed by atoms with van der Waals surface area (Å²) >= 11 is 0. The molecule has 0 aliphatic carbocycles. The van der Waals surface area contributed by atoms with Gasteiger partial charge in [0.25, 0.3) is 0 Å². The summed E-state index contributed by atoms with van der Waals surface area (Å²) in [5.41, 5.74) is -0.782. The minimum atomic E-state index is -1.67. The van der Waals surface area contributed by atoms with Crippen LogP contribution in [0.15, 0.2) is 84.9 Å². The van der Waals surface area contributed by atoms with E-state index in [0.29, 0.717) is 11.5 Å². The average Bonchev–Trinajstić information content (AvgIpc) is 2.93. The van der Waals surface area contributed by atoms with Crippen molar-refractivity contribution >= 4 is 23.9 Å². The molecule has 14 heteroatoms. The molecule has 0 saturated heterocycles. The molecule has 4 aromatic rings. The zero-order valence-electron chi connectivity index (χ0n) is 25.7. The molecule has 208 valence electrons. The van der Waals surface area contributed by atoms with Crippen molar-refractivity contribution in [2.45, 2.75) is 19.3 Å². The van der Waals surface area contributed by atoms with Crippen molar-refractivity contribution in [3.05, 3.63) is 118 Å². The van der Waals surface area contributed by atoms with Crippen molar-refractivity contribution in [1.82, 2.24) is 0 Å².